The first-order chi connectivity index (χ1) is 22.7. The van der Waals surface area contributed by atoms with E-state index in [2.05, 4.69) is 5.10 Å². The number of hydrogen-bond acceptors (Lipinski definition) is 8. The summed E-state index contributed by atoms with van der Waals surface area (Å²) in [5.41, 5.74) is 0.468. The molecule has 3 aliphatic heterocycles. The van der Waals surface area contributed by atoms with Gasteiger partial charge in [-0.2, -0.15) is 25.3 Å². The fraction of sp³-hybridized carbons (Fsp3) is 0.143. The zero-order chi connectivity index (χ0) is 32.9. The van der Waals surface area contributed by atoms with Crippen LogP contribution in [0.25, 0.3) is 0 Å². The van der Waals surface area contributed by atoms with E-state index in [9.17, 15) is 19.7 Å². The summed E-state index contributed by atoms with van der Waals surface area (Å²) in [6.45, 7) is 3.30. The Kier molecular flexibility index (Phi) is 7.04. The molecular formula is C35H27N7O5. The molecule has 12 heteroatoms. The minimum absolute atomic E-state index is 0.151. The number of nitrogens with zero attached hydrogens (tertiary/aromatic N) is 7. The van der Waals surface area contributed by atoms with Gasteiger partial charge in [0.1, 0.15) is 17.3 Å². The number of carbonyl (C=O) groups is 3. The second-order valence-electron chi connectivity index (χ2n) is 11.4. The van der Waals surface area contributed by atoms with Crippen LogP contribution >= 0.6 is 0 Å². The van der Waals surface area contributed by atoms with Crippen molar-refractivity contribution < 1.29 is 19.3 Å². The molecule has 12 nitrogen and oxygen atoms in total. The van der Waals surface area contributed by atoms with Gasteiger partial charge in [-0.05, 0) is 67.9 Å². The van der Waals surface area contributed by atoms with Crippen molar-refractivity contribution in [3.05, 3.63) is 131 Å². The van der Waals surface area contributed by atoms with Gasteiger partial charge in [-0.3, -0.25) is 24.5 Å². The number of para-hydroxylation sites is 3. The topological polar surface area (TPSA) is 141 Å². The molecule has 4 aromatic carbocycles. The SMILES string of the molecule is CC1=NN(c2ccccc2)C(=O)[C@H]1[C@]1([C@H]2C(=O)N(c3ccccc3)N=C2c2ccc([N+](=O)[O-])cc2)C(=O)N(c2ccccc2)N=C1C. The molecule has 47 heavy (non-hydrogen) atoms. The summed E-state index contributed by atoms with van der Waals surface area (Å²) in [4.78, 5) is 55.5. The van der Waals surface area contributed by atoms with E-state index in [4.69, 9.17) is 10.2 Å². The van der Waals surface area contributed by atoms with E-state index in [0.29, 0.717) is 28.3 Å². The fourth-order valence-electron chi connectivity index (χ4n) is 6.62. The lowest BCUT2D eigenvalue weighted by atomic mass is 9.59. The minimum Gasteiger partial charge on any atom is -0.272 e. The summed E-state index contributed by atoms with van der Waals surface area (Å²) in [6.07, 6.45) is 0. The summed E-state index contributed by atoms with van der Waals surface area (Å²) in [5, 5.41) is 29.3. The lowest BCUT2D eigenvalue weighted by Crippen LogP contribution is -2.59. The first kappa shape index (κ1) is 29.4. The van der Waals surface area contributed by atoms with Crippen LogP contribution in [0.4, 0.5) is 22.7 Å². The average molecular weight is 626 g/mol. The number of amides is 3. The van der Waals surface area contributed by atoms with E-state index in [0.717, 1.165) is 0 Å². The summed E-state index contributed by atoms with van der Waals surface area (Å²) in [6, 6.07) is 32.0. The third-order valence-corrected chi connectivity index (χ3v) is 8.75. The van der Waals surface area contributed by atoms with Crippen LogP contribution in [0.15, 0.2) is 131 Å². The Hall–Kier alpha value is -6.30. The predicted octanol–water partition coefficient (Wildman–Crippen LogP) is 5.41. The number of non-ortho nitro benzene ring substituents is 1. The Morgan fingerprint density at radius 2 is 1.09 bits per heavy atom. The van der Waals surface area contributed by atoms with Gasteiger partial charge >= 0.3 is 0 Å². The smallest absolute Gasteiger partial charge is 0.269 e. The van der Waals surface area contributed by atoms with E-state index >= 15 is 4.79 Å². The molecule has 3 heterocycles. The molecule has 0 bridgehead atoms. The number of hydrogen-bond donors (Lipinski definition) is 0. The van der Waals surface area contributed by atoms with Crippen molar-refractivity contribution in [3.8, 4) is 0 Å². The number of hydrazone groups is 3. The summed E-state index contributed by atoms with van der Waals surface area (Å²) in [7, 11) is 0. The summed E-state index contributed by atoms with van der Waals surface area (Å²) in [5.74, 6) is -4.24. The number of nitro benzene ring substituents is 1. The minimum atomic E-state index is -1.90. The maximum absolute atomic E-state index is 15.1. The maximum atomic E-state index is 15.1. The van der Waals surface area contributed by atoms with Gasteiger partial charge in [-0.15, -0.1) is 0 Å². The summed E-state index contributed by atoms with van der Waals surface area (Å²) < 4.78 is 0. The van der Waals surface area contributed by atoms with Crippen molar-refractivity contribution in [1.82, 2.24) is 0 Å². The molecule has 3 amide bonds. The van der Waals surface area contributed by atoms with Crippen LogP contribution in [0.2, 0.25) is 0 Å². The molecule has 4 aromatic rings. The number of anilines is 3. The molecule has 0 aliphatic carbocycles. The third-order valence-electron chi connectivity index (χ3n) is 8.75. The first-order valence-electron chi connectivity index (χ1n) is 14.8. The Morgan fingerprint density at radius 1 is 0.617 bits per heavy atom. The van der Waals surface area contributed by atoms with E-state index in [-0.39, 0.29) is 17.1 Å². The lowest BCUT2D eigenvalue weighted by molar-refractivity contribution is -0.384. The van der Waals surface area contributed by atoms with Gasteiger partial charge in [-0.25, -0.2) is 5.01 Å². The van der Waals surface area contributed by atoms with E-state index in [1.807, 2.05) is 6.07 Å². The molecule has 0 saturated heterocycles. The van der Waals surface area contributed by atoms with Crippen molar-refractivity contribution in [1.29, 1.82) is 0 Å². The summed E-state index contributed by atoms with van der Waals surface area (Å²) >= 11 is 0. The standard InChI is InChI=1S/C35H27N7O5/c1-22-29(32(43)39(36-22)25-12-6-3-7-13-25)35(23(2)37-41(34(35)45)27-16-10-5-11-17-27)30-31(24-18-20-28(21-19-24)42(46)47)38-40(33(30)44)26-14-8-4-9-15-26/h3-21,29-30H,1-2H3/t29-,30+,35+/m0/s1. The van der Waals surface area contributed by atoms with Crippen molar-refractivity contribution in [2.45, 2.75) is 13.8 Å². The van der Waals surface area contributed by atoms with Gasteiger partial charge in [-0.1, -0.05) is 54.6 Å². The highest BCUT2D eigenvalue weighted by Gasteiger charge is 2.69. The zero-order valence-electron chi connectivity index (χ0n) is 25.3. The van der Waals surface area contributed by atoms with Crippen LogP contribution in [0, 0.1) is 27.4 Å². The number of carbonyl (C=O) groups excluding carboxylic acids is 3. The van der Waals surface area contributed by atoms with E-state index in [1.54, 1.807) is 98.8 Å². The molecule has 232 valence electrons. The van der Waals surface area contributed by atoms with Gasteiger partial charge in [0.2, 0.25) is 0 Å². The number of nitro groups is 1. The monoisotopic (exact) mass is 625 g/mol. The highest BCUT2D eigenvalue weighted by Crippen LogP contribution is 2.52. The van der Waals surface area contributed by atoms with E-state index < -0.39 is 39.9 Å². The molecule has 0 spiro atoms. The molecule has 0 unspecified atom stereocenters. The second kappa shape index (κ2) is 11.2. The second-order valence-corrected chi connectivity index (χ2v) is 11.4. The van der Waals surface area contributed by atoms with Crippen LogP contribution in [0.5, 0.6) is 0 Å². The predicted molar refractivity (Wildman–Crippen MR) is 177 cm³/mol. The molecule has 3 atom stereocenters. The van der Waals surface area contributed by atoms with Crippen LogP contribution < -0.4 is 15.0 Å². The molecule has 3 aliphatic rings. The van der Waals surface area contributed by atoms with Crippen molar-refractivity contribution >= 4 is 57.6 Å². The highest BCUT2D eigenvalue weighted by molar-refractivity contribution is 6.35. The van der Waals surface area contributed by atoms with E-state index in [1.165, 1.54) is 39.3 Å². The van der Waals surface area contributed by atoms with Crippen LogP contribution in [0.3, 0.4) is 0 Å². The van der Waals surface area contributed by atoms with Gasteiger partial charge in [0.15, 0.2) is 0 Å². The number of benzene rings is 4. The van der Waals surface area contributed by atoms with Crippen LogP contribution in [-0.2, 0) is 14.4 Å². The Labute approximate surface area is 269 Å². The molecular weight excluding hydrogens is 598 g/mol. The normalized spacial score (nSPS) is 22.5. The molecule has 7 rings (SSSR count). The van der Waals surface area contributed by atoms with Crippen LogP contribution in [0.1, 0.15) is 19.4 Å². The molecule has 0 saturated carbocycles. The third kappa shape index (κ3) is 4.52. The quantitative estimate of drug-likeness (QED) is 0.200. The highest BCUT2D eigenvalue weighted by atomic mass is 16.6. The first-order valence-corrected chi connectivity index (χ1v) is 14.8. The van der Waals surface area contributed by atoms with Crippen molar-refractivity contribution in [3.63, 3.8) is 0 Å². The van der Waals surface area contributed by atoms with Gasteiger partial charge in [0.25, 0.3) is 23.4 Å². The molecule has 0 aromatic heterocycles. The lowest BCUT2D eigenvalue weighted by Gasteiger charge is -2.37. The van der Waals surface area contributed by atoms with Gasteiger partial charge < -0.3 is 0 Å². The fourth-order valence-corrected chi connectivity index (χ4v) is 6.62. The largest absolute Gasteiger partial charge is 0.272 e. The average Bonchev–Trinajstić information content (AvgIpc) is 3.69. The zero-order valence-corrected chi connectivity index (χ0v) is 25.3. The Balaban J connectivity index is 1.46. The Bertz CT molecular complexity index is 2010. The maximum Gasteiger partial charge on any atom is 0.269 e. The van der Waals surface area contributed by atoms with Crippen molar-refractivity contribution in [2.75, 3.05) is 15.0 Å². The Morgan fingerprint density at radius 3 is 1.60 bits per heavy atom. The molecule has 0 radical (unpaired) electrons. The van der Waals surface area contributed by atoms with Gasteiger partial charge in [0.05, 0.1) is 33.4 Å². The van der Waals surface area contributed by atoms with Crippen molar-refractivity contribution in [2.24, 2.45) is 32.6 Å². The number of rotatable bonds is 7. The molecule has 0 fully saturated rings. The van der Waals surface area contributed by atoms with Crippen LogP contribution in [-0.4, -0.2) is 39.8 Å². The molecule has 0 N–H and O–H groups in total. The van der Waals surface area contributed by atoms with Gasteiger partial charge in [0, 0.05) is 17.8 Å².